The summed E-state index contributed by atoms with van der Waals surface area (Å²) in [5.41, 5.74) is 4.25. The molecule has 6 nitrogen and oxygen atoms in total. The normalized spacial score (nSPS) is 11.9. The summed E-state index contributed by atoms with van der Waals surface area (Å²) >= 11 is 0. The van der Waals surface area contributed by atoms with Crippen LogP contribution >= 0.6 is 0 Å². The maximum Gasteiger partial charge on any atom is 0.295 e. The Morgan fingerprint density at radius 1 is 1.00 bits per heavy atom. The van der Waals surface area contributed by atoms with E-state index in [0.29, 0.717) is 25.0 Å². The first-order valence-electron chi connectivity index (χ1n) is 11.4. The number of benzene rings is 3. The molecular formula is C28H29N3O3. The van der Waals surface area contributed by atoms with Crippen LogP contribution in [0.5, 0.6) is 0 Å². The van der Waals surface area contributed by atoms with Crippen molar-refractivity contribution in [3.63, 3.8) is 0 Å². The van der Waals surface area contributed by atoms with Crippen LogP contribution in [0.1, 0.15) is 36.3 Å². The van der Waals surface area contributed by atoms with Gasteiger partial charge in [0.2, 0.25) is 0 Å². The zero-order chi connectivity index (χ0) is 23.9. The molecule has 3 aromatic carbocycles. The Balaban J connectivity index is 1.73. The van der Waals surface area contributed by atoms with Crippen molar-refractivity contribution in [3.8, 4) is 11.1 Å². The van der Waals surface area contributed by atoms with Gasteiger partial charge in [-0.1, -0.05) is 56.3 Å². The van der Waals surface area contributed by atoms with Crippen molar-refractivity contribution >= 4 is 28.8 Å². The zero-order valence-corrected chi connectivity index (χ0v) is 19.4. The van der Waals surface area contributed by atoms with Crippen molar-refractivity contribution in [2.75, 3.05) is 5.32 Å². The van der Waals surface area contributed by atoms with E-state index >= 15 is 0 Å². The molecule has 4 aromatic rings. The number of anilines is 1. The molecule has 1 heterocycles. The summed E-state index contributed by atoms with van der Waals surface area (Å²) in [6.45, 7) is 5.04. The molecule has 0 aliphatic carbocycles. The quantitative estimate of drug-likeness (QED) is 0.211. The second-order valence-corrected chi connectivity index (χ2v) is 8.66. The van der Waals surface area contributed by atoms with E-state index in [2.05, 4.69) is 33.8 Å². The van der Waals surface area contributed by atoms with Gasteiger partial charge in [-0.05, 0) is 58.1 Å². The standard InChI is InChI=1S/C28H29N3O3/c1-19(2)15-27(34-18-32)31-28(33)25-13-12-21(30-17-22-9-6-14-29-22)16-26(25)24-11-5-8-20-7-3-4-10-23(20)24/h3-14,16,18-19,27,29-30H,15,17H2,1-2H3,(H,31,33). The molecule has 0 fully saturated rings. The van der Waals surface area contributed by atoms with Crippen molar-refractivity contribution in [2.45, 2.75) is 33.0 Å². The van der Waals surface area contributed by atoms with E-state index < -0.39 is 6.23 Å². The molecule has 34 heavy (non-hydrogen) atoms. The average molecular weight is 456 g/mol. The lowest BCUT2D eigenvalue weighted by Gasteiger charge is -2.20. The van der Waals surface area contributed by atoms with Crippen LogP contribution < -0.4 is 10.6 Å². The number of fused-ring (bicyclic) bond motifs is 1. The minimum Gasteiger partial charge on any atom is -0.444 e. The molecule has 3 N–H and O–H groups in total. The largest absolute Gasteiger partial charge is 0.444 e. The molecule has 6 heteroatoms. The minimum absolute atomic E-state index is 0.252. The molecule has 1 unspecified atom stereocenters. The number of carbonyl (C=O) groups is 2. The van der Waals surface area contributed by atoms with E-state index in [4.69, 9.17) is 4.74 Å². The van der Waals surface area contributed by atoms with Crippen LogP contribution in [0.25, 0.3) is 21.9 Å². The Bertz CT molecular complexity index is 1260. The number of ether oxygens (including phenoxy) is 1. The molecule has 0 aliphatic heterocycles. The molecule has 0 bridgehead atoms. The van der Waals surface area contributed by atoms with Gasteiger partial charge in [-0.15, -0.1) is 0 Å². The SMILES string of the molecule is CC(C)CC(NC(=O)c1ccc(NCc2ccc[nH]2)cc1-c1cccc2ccccc12)OC=O. The molecule has 0 radical (unpaired) electrons. The first-order chi connectivity index (χ1) is 16.5. The second-order valence-electron chi connectivity index (χ2n) is 8.66. The summed E-state index contributed by atoms with van der Waals surface area (Å²) in [5, 5.41) is 8.46. The van der Waals surface area contributed by atoms with Crippen molar-refractivity contribution in [1.82, 2.24) is 10.3 Å². The summed E-state index contributed by atoms with van der Waals surface area (Å²) in [4.78, 5) is 27.5. The fourth-order valence-corrected chi connectivity index (χ4v) is 4.08. The number of hydrogen-bond donors (Lipinski definition) is 3. The summed E-state index contributed by atoms with van der Waals surface area (Å²) in [7, 11) is 0. The zero-order valence-electron chi connectivity index (χ0n) is 19.4. The van der Waals surface area contributed by atoms with Gasteiger partial charge >= 0.3 is 0 Å². The molecule has 0 saturated heterocycles. The Morgan fingerprint density at radius 2 is 1.82 bits per heavy atom. The monoisotopic (exact) mass is 455 g/mol. The van der Waals surface area contributed by atoms with Crippen LogP contribution in [0, 0.1) is 5.92 Å². The Kier molecular flexibility index (Phi) is 7.28. The highest BCUT2D eigenvalue weighted by atomic mass is 16.5. The highest BCUT2D eigenvalue weighted by Crippen LogP contribution is 2.33. The number of nitrogens with one attached hydrogen (secondary N) is 3. The lowest BCUT2D eigenvalue weighted by Crippen LogP contribution is -2.38. The minimum atomic E-state index is -0.684. The van der Waals surface area contributed by atoms with Gasteiger partial charge in [0.1, 0.15) is 0 Å². The van der Waals surface area contributed by atoms with Gasteiger partial charge in [0.25, 0.3) is 12.4 Å². The Morgan fingerprint density at radius 3 is 2.59 bits per heavy atom. The van der Waals surface area contributed by atoms with Crippen LogP contribution in [0.4, 0.5) is 5.69 Å². The third-order valence-electron chi connectivity index (χ3n) is 5.69. The maximum atomic E-state index is 13.4. The van der Waals surface area contributed by atoms with Crippen LogP contribution in [0.3, 0.4) is 0 Å². The van der Waals surface area contributed by atoms with E-state index in [0.717, 1.165) is 33.3 Å². The molecule has 1 aromatic heterocycles. The lowest BCUT2D eigenvalue weighted by molar-refractivity contribution is -0.135. The number of amides is 1. The first-order valence-corrected chi connectivity index (χ1v) is 11.4. The Labute approximate surface area is 199 Å². The molecule has 0 saturated carbocycles. The first kappa shape index (κ1) is 23.1. The predicted molar refractivity (Wildman–Crippen MR) is 135 cm³/mol. The van der Waals surface area contributed by atoms with Crippen LogP contribution in [-0.4, -0.2) is 23.6 Å². The fraction of sp³-hybridized carbons (Fsp3) is 0.214. The highest BCUT2D eigenvalue weighted by Gasteiger charge is 2.20. The third kappa shape index (κ3) is 5.46. The van der Waals surface area contributed by atoms with Crippen molar-refractivity contribution in [1.29, 1.82) is 0 Å². The molecule has 1 atom stereocenters. The predicted octanol–water partition coefficient (Wildman–Crippen LogP) is 5.72. The van der Waals surface area contributed by atoms with Gasteiger partial charge in [-0.3, -0.25) is 9.59 Å². The molecule has 174 valence electrons. The van der Waals surface area contributed by atoms with Gasteiger partial charge < -0.3 is 20.4 Å². The van der Waals surface area contributed by atoms with Crippen molar-refractivity contribution in [2.24, 2.45) is 5.92 Å². The van der Waals surface area contributed by atoms with Gasteiger partial charge in [-0.25, -0.2) is 0 Å². The topological polar surface area (TPSA) is 83.2 Å². The van der Waals surface area contributed by atoms with Gasteiger partial charge in [-0.2, -0.15) is 0 Å². The number of H-pyrrole nitrogens is 1. The van der Waals surface area contributed by atoms with E-state index in [1.807, 2.05) is 74.6 Å². The van der Waals surface area contributed by atoms with Gasteiger partial charge in [0, 0.05) is 29.6 Å². The molecule has 4 rings (SSSR count). The maximum absolute atomic E-state index is 13.4. The van der Waals surface area contributed by atoms with E-state index in [1.54, 1.807) is 0 Å². The average Bonchev–Trinajstić information content (AvgIpc) is 3.36. The van der Waals surface area contributed by atoms with Crippen molar-refractivity contribution < 1.29 is 14.3 Å². The number of rotatable bonds is 10. The fourth-order valence-electron chi connectivity index (χ4n) is 4.08. The van der Waals surface area contributed by atoms with Crippen LogP contribution in [0.2, 0.25) is 0 Å². The van der Waals surface area contributed by atoms with E-state index in [1.165, 1.54) is 0 Å². The highest BCUT2D eigenvalue weighted by molar-refractivity contribution is 6.06. The molecule has 0 aliphatic rings. The molecule has 1 amide bonds. The van der Waals surface area contributed by atoms with E-state index in [9.17, 15) is 9.59 Å². The summed E-state index contributed by atoms with van der Waals surface area (Å²) < 4.78 is 5.14. The lowest BCUT2D eigenvalue weighted by atomic mass is 9.93. The van der Waals surface area contributed by atoms with E-state index in [-0.39, 0.29) is 11.8 Å². The summed E-state index contributed by atoms with van der Waals surface area (Å²) in [6.07, 6.45) is 1.74. The third-order valence-corrected chi connectivity index (χ3v) is 5.69. The Hall–Kier alpha value is -4.06. The van der Waals surface area contributed by atoms with Gasteiger partial charge in [0.05, 0.1) is 6.54 Å². The van der Waals surface area contributed by atoms with Crippen molar-refractivity contribution in [3.05, 3.63) is 90.3 Å². The summed E-state index contributed by atoms with van der Waals surface area (Å²) in [6, 6.07) is 23.9. The number of aromatic nitrogens is 1. The molecule has 0 spiro atoms. The van der Waals surface area contributed by atoms with Crippen LogP contribution in [0.15, 0.2) is 79.0 Å². The number of carbonyl (C=O) groups excluding carboxylic acids is 2. The smallest absolute Gasteiger partial charge is 0.295 e. The van der Waals surface area contributed by atoms with Crippen LogP contribution in [-0.2, 0) is 16.1 Å². The second kappa shape index (κ2) is 10.7. The van der Waals surface area contributed by atoms with Gasteiger partial charge in [0.15, 0.2) is 6.23 Å². The molecular weight excluding hydrogens is 426 g/mol. The number of hydrogen-bond acceptors (Lipinski definition) is 4. The summed E-state index contributed by atoms with van der Waals surface area (Å²) in [5.74, 6) is -0.0336. The number of aromatic amines is 1.